The maximum Gasteiger partial charge on any atom is 0.316 e. The van der Waals surface area contributed by atoms with E-state index in [-0.39, 0.29) is 18.4 Å². The summed E-state index contributed by atoms with van der Waals surface area (Å²) in [4.78, 5) is 5.49. The van der Waals surface area contributed by atoms with Crippen molar-refractivity contribution >= 4 is 34.0 Å². The fourth-order valence-corrected chi connectivity index (χ4v) is 3.58. The quantitative estimate of drug-likeness (QED) is 0.368. The van der Waals surface area contributed by atoms with E-state index in [1.807, 2.05) is 19.1 Å². The second kappa shape index (κ2) is 6.57. The molecule has 2 aromatic heterocycles. The molecule has 0 unspecified atom stereocenters. The van der Waals surface area contributed by atoms with Crippen molar-refractivity contribution in [1.82, 2.24) is 15.2 Å². The van der Waals surface area contributed by atoms with Gasteiger partial charge >= 0.3 is 6.01 Å². The van der Waals surface area contributed by atoms with Gasteiger partial charge in [-0.3, -0.25) is 5.41 Å². The standard InChI is InChI=1S/C18H16N6OS/c1-10-15(16-23-24-18(25-16)21-9-14(19)20)26-17(22-10)13-7-6-11-4-2-3-5-12(11)8-13/h2-8H,9H2,1H3,(H3,19,20)(H,21,24). The molecule has 0 spiro atoms. The van der Waals surface area contributed by atoms with E-state index in [1.54, 1.807) is 0 Å². The number of hydrogen-bond donors (Lipinski definition) is 3. The van der Waals surface area contributed by atoms with Crippen molar-refractivity contribution in [2.24, 2.45) is 5.73 Å². The van der Waals surface area contributed by atoms with Gasteiger partial charge in [-0.25, -0.2) is 4.98 Å². The van der Waals surface area contributed by atoms with Gasteiger partial charge in [-0.15, -0.1) is 16.4 Å². The number of amidine groups is 1. The number of benzene rings is 2. The van der Waals surface area contributed by atoms with E-state index in [0.717, 1.165) is 21.1 Å². The number of fused-ring (bicyclic) bond motifs is 1. The number of nitrogens with one attached hydrogen (secondary N) is 2. The Hall–Kier alpha value is -3.26. The normalized spacial score (nSPS) is 11.0. The second-order valence-electron chi connectivity index (χ2n) is 5.79. The van der Waals surface area contributed by atoms with E-state index < -0.39 is 0 Å². The highest BCUT2D eigenvalue weighted by Crippen LogP contribution is 2.35. The monoisotopic (exact) mass is 364 g/mol. The predicted molar refractivity (Wildman–Crippen MR) is 103 cm³/mol. The number of aryl methyl sites for hydroxylation is 1. The first-order valence-corrected chi connectivity index (χ1v) is 8.79. The SMILES string of the molecule is Cc1nc(-c2ccc3ccccc3c2)sc1-c1nnc(NCC(=N)N)o1. The van der Waals surface area contributed by atoms with Crippen LogP contribution in [0.2, 0.25) is 0 Å². The average molecular weight is 364 g/mol. The van der Waals surface area contributed by atoms with E-state index in [1.165, 1.54) is 22.1 Å². The molecule has 0 aliphatic heterocycles. The van der Waals surface area contributed by atoms with E-state index >= 15 is 0 Å². The molecule has 0 aliphatic rings. The molecule has 8 heteroatoms. The first-order valence-electron chi connectivity index (χ1n) is 7.97. The highest BCUT2D eigenvalue weighted by Gasteiger charge is 2.17. The summed E-state index contributed by atoms with van der Waals surface area (Å²) in [5.41, 5.74) is 7.20. The van der Waals surface area contributed by atoms with Gasteiger partial charge in [0.05, 0.1) is 12.2 Å². The van der Waals surface area contributed by atoms with Gasteiger partial charge in [0.1, 0.15) is 15.7 Å². The van der Waals surface area contributed by atoms with Gasteiger partial charge in [-0.05, 0) is 23.8 Å². The highest BCUT2D eigenvalue weighted by atomic mass is 32.1. The first kappa shape index (κ1) is 16.2. The van der Waals surface area contributed by atoms with Crippen LogP contribution in [0.15, 0.2) is 46.9 Å². The molecule has 0 saturated carbocycles. The summed E-state index contributed by atoms with van der Waals surface area (Å²) in [5.74, 6) is 0.399. The molecule has 2 heterocycles. The molecule has 0 aliphatic carbocycles. The number of nitrogens with zero attached hydrogens (tertiary/aromatic N) is 3. The smallest absolute Gasteiger partial charge is 0.316 e. The van der Waals surface area contributed by atoms with Gasteiger partial charge in [0.25, 0.3) is 5.89 Å². The molecule has 0 saturated heterocycles. The van der Waals surface area contributed by atoms with Crippen LogP contribution in [0.25, 0.3) is 32.1 Å². The van der Waals surface area contributed by atoms with Crippen molar-refractivity contribution in [3.63, 3.8) is 0 Å². The molecule has 0 amide bonds. The minimum Gasteiger partial charge on any atom is -0.402 e. The summed E-state index contributed by atoms with van der Waals surface area (Å²) in [7, 11) is 0. The number of hydrogen-bond acceptors (Lipinski definition) is 7. The third-order valence-electron chi connectivity index (χ3n) is 3.84. The van der Waals surface area contributed by atoms with Crippen LogP contribution in [0.1, 0.15) is 5.69 Å². The topological polar surface area (TPSA) is 114 Å². The Labute approximate surface area is 153 Å². The Morgan fingerprint density at radius 3 is 2.81 bits per heavy atom. The maximum absolute atomic E-state index is 7.22. The Balaban J connectivity index is 1.65. The molecule has 26 heavy (non-hydrogen) atoms. The zero-order chi connectivity index (χ0) is 18.1. The summed E-state index contributed by atoms with van der Waals surface area (Å²) in [6, 6.07) is 14.8. The Bertz CT molecular complexity index is 1100. The fraction of sp³-hybridized carbons (Fsp3) is 0.111. The van der Waals surface area contributed by atoms with Crippen LogP contribution in [0.5, 0.6) is 0 Å². The molecule has 7 nitrogen and oxygen atoms in total. The maximum atomic E-state index is 7.22. The third-order valence-corrected chi connectivity index (χ3v) is 5.04. The van der Waals surface area contributed by atoms with Crippen LogP contribution in [0.4, 0.5) is 6.01 Å². The molecular formula is C18H16N6OS. The summed E-state index contributed by atoms with van der Waals surface area (Å²) >= 11 is 1.51. The number of thiazole rings is 1. The van der Waals surface area contributed by atoms with Gasteiger partial charge < -0.3 is 15.5 Å². The number of anilines is 1. The van der Waals surface area contributed by atoms with Gasteiger partial charge in [0, 0.05) is 5.56 Å². The molecule has 2 aromatic carbocycles. The van der Waals surface area contributed by atoms with Crippen LogP contribution in [-0.2, 0) is 0 Å². The number of nitrogens with two attached hydrogens (primary N) is 1. The largest absolute Gasteiger partial charge is 0.402 e. The highest BCUT2D eigenvalue weighted by molar-refractivity contribution is 7.18. The van der Waals surface area contributed by atoms with Crippen molar-refractivity contribution in [1.29, 1.82) is 5.41 Å². The molecule has 0 atom stereocenters. The van der Waals surface area contributed by atoms with Gasteiger partial charge in [0.2, 0.25) is 0 Å². The van der Waals surface area contributed by atoms with Crippen molar-refractivity contribution < 1.29 is 4.42 Å². The van der Waals surface area contributed by atoms with Crippen LogP contribution < -0.4 is 11.1 Å². The Morgan fingerprint density at radius 2 is 2.00 bits per heavy atom. The van der Waals surface area contributed by atoms with E-state index in [9.17, 15) is 0 Å². The average Bonchev–Trinajstić information content (AvgIpc) is 3.26. The van der Waals surface area contributed by atoms with Gasteiger partial charge in [0.15, 0.2) is 0 Å². The van der Waals surface area contributed by atoms with Crippen LogP contribution in [0, 0.1) is 12.3 Å². The molecule has 0 fully saturated rings. The lowest BCUT2D eigenvalue weighted by Crippen LogP contribution is -2.21. The summed E-state index contributed by atoms with van der Waals surface area (Å²) in [6.07, 6.45) is 0. The third kappa shape index (κ3) is 3.14. The van der Waals surface area contributed by atoms with Gasteiger partial charge in [-0.1, -0.05) is 41.5 Å². The first-order chi connectivity index (χ1) is 12.6. The van der Waals surface area contributed by atoms with E-state index in [0.29, 0.717) is 5.89 Å². The summed E-state index contributed by atoms with van der Waals surface area (Å²) in [6.45, 7) is 2.08. The fourth-order valence-electron chi connectivity index (χ4n) is 2.60. The van der Waals surface area contributed by atoms with Crippen molar-refractivity contribution in [2.75, 3.05) is 11.9 Å². The molecule has 130 valence electrons. The molecular weight excluding hydrogens is 348 g/mol. The minimum absolute atomic E-state index is 0.00249. The summed E-state index contributed by atoms with van der Waals surface area (Å²) in [5, 5.41) is 21.3. The number of aromatic nitrogens is 3. The molecule has 4 rings (SSSR count). The lowest BCUT2D eigenvalue weighted by atomic mass is 10.1. The molecule has 4 N–H and O–H groups in total. The molecule has 0 radical (unpaired) electrons. The lowest BCUT2D eigenvalue weighted by Gasteiger charge is -2.00. The van der Waals surface area contributed by atoms with Crippen molar-refractivity contribution in [3.8, 4) is 21.3 Å². The second-order valence-corrected chi connectivity index (χ2v) is 6.79. The van der Waals surface area contributed by atoms with Crippen molar-refractivity contribution in [2.45, 2.75) is 6.92 Å². The van der Waals surface area contributed by atoms with Crippen LogP contribution in [-0.4, -0.2) is 27.6 Å². The van der Waals surface area contributed by atoms with E-state index in [2.05, 4.69) is 50.8 Å². The summed E-state index contributed by atoms with van der Waals surface area (Å²) < 4.78 is 5.61. The van der Waals surface area contributed by atoms with Crippen LogP contribution in [0.3, 0.4) is 0 Å². The minimum atomic E-state index is -0.00249. The molecule has 4 aromatic rings. The van der Waals surface area contributed by atoms with E-state index in [4.69, 9.17) is 15.6 Å². The Kier molecular flexibility index (Phi) is 4.10. The predicted octanol–water partition coefficient (Wildman–Crippen LogP) is 3.67. The molecule has 0 bridgehead atoms. The van der Waals surface area contributed by atoms with Crippen LogP contribution >= 0.6 is 11.3 Å². The Morgan fingerprint density at radius 1 is 1.19 bits per heavy atom. The zero-order valence-corrected chi connectivity index (χ0v) is 14.8. The van der Waals surface area contributed by atoms with Crippen molar-refractivity contribution in [3.05, 3.63) is 48.2 Å². The lowest BCUT2D eigenvalue weighted by molar-refractivity contribution is 0.585. The number of rotatable bonds is 5. The van der Waals surface area contributed by atoms with Gasteiger partial charge in [-0.2, -0.15) is 0 Å². The zero-order valence-electron chi connectivity index (χ0n) is 14.0.